The van der Waals surface area contributed by atoms with Crippen LogP contribution in [0.1, 0.15) is 22.6 Å². The standard InChI is InChI=1S/C22H23ClN2O3/c1-24(2)22(26)28-20-12-17-15(11-19(20)23)8-9-25(3)13-18(17)16-7-6-14-5-4-10-27-21(14)16/h4-7,10-12,18H,8-9,13H2,1-3H3. The van der Waals surface area contributed by atoms with Gasteiger partial charge in [0.05, 0.1) is 11.3 Å². The van der Waals surface area contributed by atoms with Crippen LogP contribution in [0.2, 0.25) is 5.02 Å². The molecule has 0 saturated carbocycles. The molecule has 2 aliphatic heterocycles. The molecule has 0 spiro atoms. The Kier molecular flexibility index (Phi) is 5.04. The van der Waals surface area contributed by atoms with Crippen LogP contribution in [-0.2, 0) is 6.42 Å². The zero-order chi connectivity index (χ0) is 19.8. The number of carbonyl (C=O) groups excluding carboxylic acids is 1. The molecule has 3 aliphatic rings. The van der Waals surface area contributed by atoms with Gasteiger partial charge in [0.2, 0.25) is 0 Å². The molecule has 1 atom stereocenters. The third-order valence-corrected chi connectivity index (χ3v) is 5.57. The number of fused-ring (bicyclic) bond motifs is 2. The lowest BCUT2D eigenvalue weighted by atomic mass is 9.88. The van der Waals surface area contributed by atoms with Crippen LogP contribution in [0.15, 0.2) is 47.1 Å². The SMILES string of the molecule is CN1CCc2cc(Cl)c(OC(=O)N(C)C)cc2C(c2ccc3cccoc2-3)C1. The van der Waals surface area contributed by atoms with Gasteiger partial charge in [-0.05, 0) is 48.9 Å². The quantitative estimate of drug-likeness (QED) is 0.626. The van der Waals surface area contributed by atoms with Crippen molar-refractivity contribution in [2.45, 2.75) is 12.3 Å². The minimum absolute atomic E-state index is 0.0974. The molecular formula is C22H23ClN2O3. The van der Waals surface area contributed by atoms with Crippen LogP contribution in [0, 0.1) is 0 Å². The number of benzene rings is 1. The lowest BCUT2D eigenvalue weighted by Gasteiger charge is -2.22. The summed E-state index contributed by atoms with van der Waals surface area (Å²) in [5, 5.41) is 0.453. The second-order valence-electron chi connectivity index (χ2n) is 7.49. The number of hydrogen-bond donors (Lipinski definition) is 0. The van der Waals surface area contributed by atoms with E-state index in [9.17, 15) is 4.79 Å². The summed E-state index contributed by atoms with van der Waals surface area (Å²) in [5.41, 5.74) is 4.52. The Morgan fingerprint density at radius 1 is 1.25 bits per heavy atom. The second kappa shape index (κ2) is 7.49. The number of likely N-dealkylation sites (N-methyl/N-ethyl adjacent to an activating group) is 1. The molecule has 28 heavy (non-hydrogen) atoms. The molecule has 146 valence electrons. The molecule has 5 nitrogen and oxygen atoms in total. The maximum absolute atomic E-state index is 12.1. The van der Waals surface area contributed by atoms with Gasteiger partial charge in [-0.3, -0.25) is 0 Å². The smallest absolute Gasteiger partial charge is 0.414 e. The van der Waals surface area contributed by atoms with Gasteiger partial charge in [0.15, 0.2) is 5.75 Å². The van der Waals surface area contributed by atoms with Crippen molar-refractivity contribution in [3.63, 3.8) is 0 Å². The molecule has 6 heteroatoms. The summed E-state index contributed by atoms with van der Waals surface area (Å²) in [5.74, 6) is 1.39. The minimum Gasteiger partial charge on any atom is -0.464 e. The highest BCUT2D eigenvalue weighted by atomic mass is 35.5. The second-order valence-corrected chi connectivity index (χ2v) is 7.90. The maximum atomic E-state index is 12.1. The molecular weight excluding hydrogens is 376 g/mol. The van der Waals surface area contributed by atoms with E-state index in [1.165, 1.54) is 10.5 Å². The fourth-order valence-electron chi connectivity index (χ4n) is 3.78. The van der Waals surface area contributed by atoms with Crippen molar-refractivity contribution in [2.75, 3.05) is 34.2 Å². The maximum Gasteiger partial charge on any atom is 0.414 e. The topological polar surface area (TPSA) is 45.9 Å². The van der Waals surface area contributed by atoms with E-state index in [2.05, 4.69) is 30.1 Å². The molecule has 1 aliphatic carbocycles. The van der Waals surface area contributed by atoms with Gasteiger partial charge >= 0.3 is 6.09 Å². The fraction of sp³-hybridized carbons (Fsp3) is 0.318. The van der Waals surface area contributed by atoms with Crippen molar-refractivity contribution in [1.82, 2.24) is 9.80 Å². The summed E-state index contributed by atoms with van der Waals surface area (Å²) in [6, 6.07) is 12.0. The summed E-state index contributed by atoms with van der Waals surface area (Å²) in [6.45, 7) is 1.78. The van der Waals surface area contributed by atoms with Gasteiger partial charge in [-0.25, -0.2) is 4.79 Å². The van der Waals surface area contributed by atoms with Gasteiger partial charge in [-0.2, -0.15) is 0 Å². The van der Waals surface area contributed by atoms with E-state index in [0.717, 1.165) is 42.0 Å². The zero-order valence-corrected chi connectivity index (χ0v) is 17.0. The van der Waals surface area contributed by atoms with Crippen LogP contribution >= 0.6 is 11.6 Å². The predicted octanol–water partition coefficient (Wildman–Crippen LogP) is 4.72. The molecule has 0 radical (unpaired) electrons. The van der Waals surface area contributed by atoms with Crippen LogP contribution in [0.4, 0.5) is 4.79 Å². The molecule has 0 saturated heterocycles. The van der Waals surface area contributed by atoms with Crippen LogP contribution < -0.4 is 4.74 Å². The van der Waals surface area contributed by atoms with Crippen molar-refractivity contribution in [3.8, 4) is 17.1 Å². The number of rotatable bonds is 2. The van der Waals surface area contributed by atoms with Crippen LogP contribution in [0.3, 0.4) is 0 Å². The monoisotopic (exact) mass is 398 g/mol. The minimum atomic E-state index is -0.446. The number of ether oxygens (including phenoxy) is 1. The van der Waals surface area contributed by atoms with Crippen LogP contribution in [-0.4, -0.2) is 50.1 Å². The average Bonchev–Trinajstić information content (AvgIpc) is 3.03. The van der Waals surface area contributed by atoms with E-state index in [1.54, 1.807) is 20.4 Å². The van der Waals surface area contributed by atoms with E-state index in [-0.39, 0.29) is 5.92 Å². The average molecular weight is 399 g/mol. The Morgan fingerprint density at radius 2 is 2.07 bits per heavy atom. The van der Waals surface area contributed by atoms with E-state index < -0.39 is 6.09 Å². The molecule has 0 N–H and O–H groups in total. The first-order valence-corrected chi connectivity index (χ1v) is 9.68. The Balaban J connectivity index is 1.81. The Morgan fingerprint density at radius 3 is 2.86 bits per heavy atom. The van der Waals surface area contributed by atoms with Crippen LogP contribution in [0.5, 0.6) is 5.75 Å². The molecule has 0 fully saturated rings. The van der Waals surface area contributed by atoms with E-state index in [4.69, 9.17) is 20.8 Å². The predicted molar refractivity (Wildman–Crippen MR) is 110 cm³/mol. The van der Waals surface area contributed by atoms with Crippen LogP contribution in [0.25, 0.3) is 11.3 Å². The number of nitrogens with zero attached hydrogens (tertiary/aromatic N) is 2. The van der Waals surface area contributed by atoms with Crippen molar-refractivity contribution in [1.29, 1.82) is 0 Å². The molecule has 0 bridgehead atoms. The highest BCUT2D eigenvalue weighted by Gasteiger charge is 2.29. The lowest BCUT2D eigenvalue weighted by Crippen LogP contribution is -2.25. The molecule has 4 rings (SSSR count). The summed E-state index contributed by atoms with van der Waals surface area (Å²) in [6.07, 6.45) is 2.15. The third kappa shape index (κ3) is 3.48. The first kappa shape index (κ1) is 18.8. The van der Waals surface area contributed by atoms with E-state index in [0.29, 0.717) is 10.8 Å². The highest BCUT2D eigenvalue weighted by molar-refractivity contribution is 6.32. The van der Waals surface area contributed by atoms with Gasteiger partial charge < -0.3 is 19.0 Å². The number of carbonyl (C=O) groups is 1. The molecule has 1 amide bonds. The van der Waals surface area contributed by atoms with Gasteiger partial charge in [0.1, 0.15) is 5.76 Å². The Bertz CT molecular complexity index is 982. The summed E-state index contributed by atoms with van der Waals surface area (Å²) in [7, 11) is 5.42. The largest absolute Gasteiger partial charge is 0.464 e. The molecule has 1 aromatic rings. The summed E-state index contributed by atoms with van der Waals surface area (Å²) < 4.78 is 11.4. The normalized spacial score (nSPS) is 17.2. The molecule has 1 aromatic carbocycles. The highest BCUT2D eigenvalue weighted by Crippen LogP contribution is 2.41. The Hall–Kier alpha value is -2.50. The van der Waals surface area contributed by atoms with Gasteiger partial charge in [0.25, 0.3) is 0 Å². The first-order chi connectivity index (χ1) is 13.4. The number of amides is 1. The molecule has 1 unspecified atom stereocenters. The number of halogens is 1. The van der Waals surface area contributed by atoms with Crippen molar-refractivity contribution < 1.29 is 13.9 Å². The summed E-state index contributed by atoms with van der Waals surface area (Å²) in [4.78, 5) is 15.8. The molecule has 0 aromatic heterocycles. The van der Waals surface area contributed by atoms with Gasteiger partial charge in [0, 0.05) is 44.2 Å². The van der Waals surface area contributed by atoms with Crippen molar-refractivity contribution in [2.24, 2.45) is 0 Å². The van der Waals surface area contributed by atoms with Crippen molar-refractivity contribution >= 4 is 17.7 Å². The summed E-state index contributed by atoms with van der Waals surface area (Å²) >= 11 is 6.44. The van der Waals surface area contributed by atoms with Gasteiger partial charge in [-0.1, -0.05) is 23.7 Å². The van der Waals surface area contributed by atoms with E-state index in [1.807, 2.05) is 18.2 Å². The number of hydrogen-bond acceptors (Lipinski definition) is 4. The fourth-order valence-corrected chi connectivity index (χ4v) is 4.01. The zero-order valence-electron chi connectivity index (χ0n) is 16.2. The van der Waals surface area contributed by atoms with Gasteiger partial charge in [-0.15, -0.1) is 0 Å². The van der Waals surface area contributed by atoms with E-state index >= 15 is 0 Å². The lowest BCUT2D eigenvalue weighted by molar-refractivity contribution is 0.172. The van der Waals surface area contributed by atoms with Crippen molar-refractivity contribution in [3.05, 3.63) is 64.4 Å². The first-order valence-electron chi connectivity index (χ1n) is 9.30. The third-order valence-electron chi connectivity index (χ3n) is 5.27. The Labute approximate surface area is 169 Å². The molecule has 2 heterocycles.